The number of nitrogens with zero attached hydrogens (tertiary/aromatic N) is 1. The van der Waals surface area contributed by atoms with Crippen LogP contribution in [0, 0.1) is 0 Å². The first-order valence-electron chi connectivity index (χ1n) is 21.8. The monoisotopic (exact) mass is 801 g/mol. The van der Waals surface area contributed by atoms with Gasteiger partial charge in [0, 0.05) is 22.0 Å². The second-order valence-corrected chi connectivity index (χ2v) is 16.7. The van der Waals surface area contributed by atoms with Crippen LogP contribution >= 0.6 is 0 Å². The molecule has 2 nitrogen and oxygen atoms in total. The van der Waals surface area contributed by atoms with E-state index in [4.69, 9.17) is 4.42 Å². The molecule has 1 aromatic heterocycles. The van der Waals surface area contributed by atoms with Gasteiger partial charge in [-0.25, -0.2) is 0 Å². The molecule has 2 aliphatic rings. The lowest BCUT2D eigenvalue weighted by Crippen LogP contribution is -2.26. The van der Waals surface area contributed by atoms with Crippen molar-refractivity contribution in [3.05, 3.63) is 259 Å². The van der Waals surface area contributed by atoms with Crippen molar-refractivity contribution < 1.29 is 4.42 Å². The van der Waals surface area contributed by atoms with Crippen LogP contribution in [0.25, 0.3) is 77.6 Å². The van der Waals surface area contributed by atoms with Crippen LogP contribution in [-0.2, 0) is 5.41 Å². The Morgan fingerprint density at radius 1 is 0.317 bits per heavy atom. The van der Waals surface area contributed by atoms with E-state index >= 15 is 0 Å². The largest absolute Gasteiger partial charge is 0.454 e. The Kier molecular flexibility index (Phi) is 7.85. The molecule has 0 bridgehead atoms. The zero-order valence-electron chi connectivity index (χ0n) is 34.4. The highest BCUT2D eigenvalue weighted by Gasteiger charge is 2.51. The topological polar surface area (TPSA) is 16.4 Å². The van der Waals surface area contributed by atoms with Gasteiger partial charge in [0.15, 0.2) is 5.58 Å². The summed E-state index contributed by atoms with van der Waals surface area (Å²) in [6, 6.07) is 86.5. The third-order valence-electron chi connectivity index (χ3n) is 13.5. The maximum Gasteiger partial charge on any atom is 0.159 e. The number of fused-ring (bicyclic) bond motifs is 13. The lowest BCUT2D eigenvalue weighted by Gasteiger charge is -2.33. The van der Waals surface area contributed by atoms with Crippen LogP contribution in [0.3, 0.4) is 0 Å². The fourth-order valence-electron chi connectivity index (χ4n) is 11.0. The van der Waals surface area contributed by atoms with E-state index in [1.165, 1.54) is 55.6 Å². The summed E-state index contributed by atoms with van der Waals surface area (Å²) in [4.78, 5) is 2.47. The summed E-state index contributed by atoms with van der Waals surface area (Å²) < 4.78 is 6.95. The molecule has 0 amide bonds. The molecular formula is C61H39NO. The first-order chi connectivity index (χ1) is 31.3. The van der Waals surface area contributed by atoms with E-state index in [1.54, 1.807) is 0 Å². The molecule has 2 aliphatic carbocycles. The Hall–Kier alpha value is -8.20. The van der Waals surface area contributed by atoms with Gasteiger partial charge in [-0.1, -0.05) is 206 Å². The summed E-state index contributed by atoms with van der Waals surface area (Å²) in [6.07, 6.45) is 0. The summed E-state index contributed by atoms with van der Waals surface area (Å²) in [7, 11) is 0. The smallest absolute Gasteiger partial charge is 0.159 e. The van der Waals surface area contributed by atoms with E-state index in [2.05, 4.69) is 241 Å². The van der Waals surface area contributed by atoms with Crippen molar-refractivity contribution in [3.8, 4) is 55.6 Å². The molecule has 0 aliphatic heterocycles. The van der Waals surface area contributed by atoms with E-state index < -0.39 is 5.41 Å². The van der Waals surface area contributed by atoms with Gasteiger partial charge < -0.3 is 9.32 Å². The third-order valence-corrected chi connectivity index (χ3v) is 13.5. The van der Waals surface area contributed by atoms with Crippen LogP contribution in [0.1, 0.15) is 22.3 Å². The van der Waals surface area contributed by atoms with Gasteiger partial charge in [0.1, 0.15) is 5.58 Å². The zero-order valence-corrected chi connectivity index (χ0v) is 34.4. The minimum absolute atomic E-state index is 0.499. The number of hydrogen-bond donors (Lipinski definition) is 0. The Bertz CT molecular complexity index is 3520. The summed E-state index contributed by atoms with van der Waals surface area (Å²) in [6.45, 7) is 0. The van der Waals surface area contributed by atoms with Crippen LogP contribution in [0.4, 0.5) is 17.1 Å². The van der Waals surface area contributed by atoms with Gasteiger partial charge in [0.2, 0.25) is 0 Å². The molecule has 1 heterocycles. The molecule has 11 aromatic rings. The van der Waals surface area contributed by atoms with Gasteiger partial charge in [-0.3, -0.25) is 0 Å². The molecule has 0 saturated carbocycles. The molecule has 1 spiro atoms. The highest BCUT2D eigenvalue weighted by Crippen LogP contribution is 2.63. The SMILES string of the molecule is c1ccc(-c2ccccc2-c2c(-c3ccccc3)cccc2N(c2ccc3c(c2)C2(c4ccccc4-c4ccccc42)c2ccccc2-3)c2cccc3c2oc2ccccc23)cc1. The second-order valence-electron chi connectivity index (χ2n) is 16.7. The fraction of sp³-hybridized carbons (Fsp3) is 0.0164. The van der Waals surface area contributed by atoms with E-state index in [-0.39, 0.29) is 0 Å². The van der Waals surface area contributed by atoms with Crippen molar-refractivity contribution in [1.29, 1.82) is 0 Å². The molecule has 294 valence electrons. The Morgan fingerprint density at radius 2 is 0.794 bits per heavy atom. The van der Waals surface area contributed by atoms with Crippen LogP contribution in [0.5, 0.6) is 0 Å². The van der Waals surface area contributed by atoms with Crippen LogP contribution < -0.4 is 4.90 Å². The maximum atomic E-state index is 6.95. The van der Waals surface area contributed by atoms with Gasteiger partial charge in [-0.05, 0) is 103 Å². The molecule has 0 saturated heterocycles. The van der Waals surface area contributed by atoms with Gasteiger partial charge in [-0.2, -0.15) is 0 Å². The normalized spacial score (nSPS) is 12.9. The molecule has 0 atom stereocenters. The number of furan rings is 1. The van der Waals surface area contributed by atoms with Crippen molar-refractivity contribution >= 4 is 39.0 Å². The number of rotatable bonds is 6. The minimum Gasteiger partial charge on any atom is -0.454 e. The highest BCUT2D eigenvalue weighted by molar-refractivity contribution is 6.12. The highest BCUT2D eigenvalue weighted by atomic mass is 16.3. The Balaban J connectivity index is 1.16. The molecule has 10 aromatic carbocycles. The first kappa shape index (κ1) is 35.5. The Morgan fingerprint density at radius 3 is 1.46 bits per heavy atom. The standard InChI is InChI=1S/C61H39NO/c1-3-19-40(20-4-1)43-23-7-8-28-50(43)59-44(41-21-5-2-6-22-41)29-17-34-56(59)62(57-35-18-30-51-49-27-12-16-36-58(49)63-60(51)57)42-37-38-48-47-26-11-15-33-54(47)61(55(48)39-42)52-31-13-9-24-45(52)46-25-10-14-32-53(46)61/h1-39H. The molecule has 0 unspecified atom stereocenters. The van der Waals surface area contributed by atoms with E-state index in [0.717, 1.165) is 61.3 Å². The zero-order chi connectivity index (χ0) is 41.5. The second kappa shape index (κ2) is 13.9. The number of para-hydroxylation sites is 2. The van der Waals surface area contributed by atoms with E-state index in [9.17, 15) is 0 Å². The first-order valence-corrected chi connectivity index (χ1v) is 21.8. The van der Waals surface area contributed by atoms with Gasteiger partial charge in [0.25, 0.3) is 0 Å². The number of hydrogen-bond acceptors (Lipinski definition) is 2. The van der Waals surface area contributed by atoms with E-state index in [1.807, 2.05) is 0 Å². The lowest BCUT2D eigenvalue weighted by atomic mass is 9.70. The van der Waals surface area contributed by atoms with Crippen molar-refractivity contribution in [2.24, 2.45) is 0 Å². The quantitative estimate of drug-likeness (QED) is 0.167. The predicted octanol–water partition coefficient (Wildman–Crippen LogP) is 16.4. The summed E-state index contributed by atoms with van der Waals surface area (Å²) in [5.41, 5.74) is 21.6. The van der Waals surface area contributed by atoms with Crippen molar-refractivity contribution in [1.82, 2.24) is 0 Å². The third kappa shape index (κ3) is 5.13. The van der Waals surface area contributed by atoms with Crippen molar-refractivity contribution in [2.45, 2.75) is 5.41 Å². The molecule has 2 heteroatoms. The molecular weight excluding hydrogens is 763 g/mol. The van der Waals surface area contributed by atoms with Crippen molar-refractivity contribution in [2.75, 3.05) is 4.90 Å². The summed E-state index contributed by atoms with van der Waals surface area (Å²) >= 11 is 0. The van der Waals surface area contributed by atoms with Gasteiger partial charge in [-0.15, -0.1) is 0 Å². The molecule has 13 rings (SSSR count). The Labute approximate surface area is 366 Å². The average Bonchev–Trinajstić information content (AvgIpc) is 3.99. The van der Waals surface area contributed by atoms with Crippen LogP contribution in [-0.4, -0.2) is 0 Å². The fourth-order valence-corrected chi connectivity index (χ4v) is 11.0. The predicted molar refractivity (Wildman–Crippen MR) is 261 cm³/mol. The van der Waals surface area contributed by atoms with Gasteiger partial charge in [0.05, 0.1) is 16.8 Å². The minimum atomic E-state index is -0.499. The molecule has 0 fully saturated rings. The number of anilines is 3. The molecule has 63 heavy (non-hydrogen) atoms. The van der Waals surface area contributed by atoms with Crippen LogP contribution in [0.15, 0.2) is 241 Å². The van der Waals surface area contributed by atoms with Gasteiger partial charge >= 0.3 is 0 Å². The lowest BCUT2D eigenvalue weighted by molar-refractivity contribution is 0.669. The maximum absolute atomic E-state index is 6.95. The summed E-state index contributed by atoms with van der Waals surface area (Å²) in [5.74, 6) is 0. The summed E-state index contributed by atoms with van der Waals surface area (Å²) in [5, 5.41) is 2.19. The number of benzene rings is 10. The molecule has 0 radical (unpaired) electrons. The van der Waals surface area contributed by atoms with Crippen molar-refractivity contribution in [3.63, 3.8) is 0 Å². The molecule has 0 N–H and O–H groups in total. The van der Waals surface area contributed by atoms with E-state index in [0.29, 0.717) is 0 Å². The average molecular weight is 802 g/mol. The van der Waals surface area contributed by atoms with Crippen LogP contribution in [0.2, 0.25) is 0 Å².